The van der Waals surface area contributed by atoms with Gasteiger partial charge in [0.1, 0.15) is 6.29 Å². The van der Waals surface area contributed by atoms with Crippen LogP contribution in [0.4, 0.5) is 5.69 Å². The lowest BCUT2D eigenvalue weighted by atomic mass is 10.1. The summed E-state index contributed by atoms with van der Waals surface area (Å²) in [5, 5.41) is 3.02. The van der Waals surface area contributed by atoms with Crippen LogP contribution in [0, 0.1) is 0 Å². The first-order chi connectivity index (χ1) is 5.38. The maximum atomic E-state index is 10.2. The van der Waals surface area contributed by atoms with E-state index in [0.29, 0.717) is 6.42 Å². The van der Waals surface area contributed by atoms with Crippen molar-refractivity contribution in [1.29, 1.82) is 0 Å². The number of rotatable bonds is 3. The summed E-state index contributed by atoms with van der Waals surface area (Å²) in [5.74, 6) is 0. The van der Waals surface area contributed by atoms with Crippen LogP contribution >= 0.6 is 12.4 Å². The molecule has 0 saturated carbocycles. The van der Waals surface area contributed by atoms with E-state index in [2.05, 4.69) is 5.32 Å². The van der Waals surface area contributed by atoms with Crippen LogP contribution < -0.4 is 5.32 Å². The molecule has 0 aliphatic rings. The summed E-state index contributed by atoms with van der Waals surface area (Å²) in [6.45, 7) is 0. The van der Waals surface area contributed by atoms with Crippen LogP contribution in [-0.4, -0.2) is 13.3 Å². The molecule has 0 radical (unpaired) electrons. The van der Waals surface area contributed by atoms with E-state index in [4.69, 9.17) is 0 Å². The number of carbonyl (C=O) groups excluding carboxylic acids is 1. The van der Waals surface area contributed by atoms with Crippen molar-refractivity contribution in [2.75, 3.05) is 12.4 Å². The Morgan fingerprint density at radius 1 is 1.42 bits per heavy atom. The number of para-hydroxylation sites is 1. The standard InChI is InChI=1S/C9H11NO.ClH/c1-10-9-5-3-2-4-8(9)6-7-11;/h2-5,7,10H,6H2,1H3;1H. The molecule has 0 aliphatic carbocycles. The molecular weight excluding hydrogens is 174 g/mol. The molecule has 0 atom stereocenters. The van der Waals surface area contributed by atoms with Gasteiger partial charge >= 0.3 is 0 Å². The normalized spacial score (nSPS) is 8.42. The summed E-state index contributed by atoms with van der Waals surface area (Å²) in [4.78, 5) is 10.2. The molecule has 2 nitrogen and oxygen atoms in total. The van der Waals surface area contributed by atoms with Crippen molar-refractivity contribution in [2.24, 2.45) is 0 Å². The number of halogens is 1. The van der Waals surface area contributed by atoms with Crippen molar-refractivity contribution in [1.82, 2.24) is 0 Å². The summed E-state index contributed by atoms with van der Waals surface area (Å²) in [7, 11) is 1.85. The average Bonchev–Trinajstić information content (AvgIpc) is 2.06. The van der Waals surface area contributed by atoms with Gasteiger partial charge in [-0.25, -0.2) is 0 Å². The fourth-order valence-corrected chi connectivity index (χ4v) is 1.03. The Balaban J connectivity index is 0.00000121. The van der Waals surface area contributed by atoms with Gasteiger partial charge in [-0.2, -0.15) is 0 Å². The lowest BCUT2D eigenvalue weighted by Gasteiger charge is -2.04. The quantitative estimate of drug-likeness (QED) is 0.729. The minimum absolute atomic E-state index is 0. The molecule has 0 saturated heterocycles. The van der Waals surface area contributed by atoms with Crippen molar-refractivity contribution in [2.45, 2.75) is 6.42 Å². The Morgan fingerprint density at radius 3 is 2.67 bits per heavy atom. The van der Waals surface area contributed by atoms with E-state index in [1.807, 2.05) is 31.3 Å². The number of hydrogen-bond donors (Lipinski definition) is 1. The maximum Gasteiger partial charge on any atom is 0.124 e. The SMILES string of the molecule is CNc1ccccc1CC=O.Cl. The fourth-order valence-electron chi connectivity index (χ4n) is 1.03. The molecule has 0 unspecified atom stereocenters. The van der Waals surface area contributed by atoms with Crippen molar-refractivity contribution >= 4 is 24.4 Å². The van der Waals surface area contributed by atoms with Gasteiger partial charge < -0.3 is 10.1 Å². The molecule has 0 bridgehead atoms. The van der Waals surface area contributed by atoms with Gasteiger partial charge in [0.05, 0.1) is 0 Å². The lowest BCUT2D eigenvalue weighted by Crippen LogP contribution is -1.95. The monoisotopic (exact) mass is 185 g/mol. The molecule has 12 heavy (non-hydrogen) atoms. The van der Waals surface area contributed by atoms with Gasteiger partial charge in [-0.3, -0.25) is 0 Å². The number of nitrogens with one attached hydrogen (secondary N) is 1. The van der Waals surface area contributed by atoms with Crippen LogP contribution in [0.1, 0.15) is 5.56 Å². The van der Waals surface area contributed by atoms with E-state index in [9.17, 15) is 4.79 Å². The predicted octanol–water partition coefficient (Wildman–Crippen LogP) is 1.89. The molecule has 0 aromatic heterocycles. The highest BCUT2D eigenvalue weighted by Crippen LogP contribution is 2.13. The van der Waals surface area contributed by atoms with E-state index in [0.717, 1.165) is 17.5 Å². The van der Waals surface area contributed by atoms with Gasteiger partial charge in [0.15, 0.2) is 0 Å². The molecule has 1 rings (SSSR count). The first kappa shape index (κ1) is 11.0. The van der Waals surface area contributed by atoms with Crippen LogP contribution in [0.3, 0.4) is 0 Å². The van der Waals surface area contributed by atoms with Gasteiger partial charge in [0.2, 0.25) is 0 Å². The Labute approximate surface area is 78.4 Å². The summed E-state index contributed by atoms with van der Waals surface area (Å²) >= 11 is 0. The second-order valence-electron chi connectivity index (χ2n) is 2.28. The van der Waals surface area contributed by atoms with Crippen molar-refractivity contribution in [3.8, 4) is 0 Å². The first-order valence-corrected chi connectivity index (χ1v) is 3.57. The van der Waals surface area contributed by atoms with Gasteiger partial charge in [-0.05, 0) is 11.6 Å². The van der Waals surface area contributed by atoms with Crippen molar-refractivity contribution < 1.29 is 4.79 Å². The van der Waals surface area contributed by atoms with Gasteiger partial charge in [-0.15, -0.1) is 12.4 Å². The Hall–Kier alpha value is -1.02. The van der Waals surface area contributed by atoms with E-state index in [1.54, 1.807) is 0 Å². The molecule has 0 spiro atoms. The molecule has 0 fully saturated rings. The van der Waals surface area contributed by atoms with Gasteiger partial charge in [0, 0.05) is 19.2 Å². The third-order valence-corrected chi connectivity index (χ3v) is 1.59. The summed E-state index contributed by atoms with van der Waals surface area (Å²) < 4.78 is 0. The Morgan fingerprint density at radius 2 is 2.08 bits per heavy atom. The molecule has 1 aromatic rings. The lowest BCUT2D eigenvalue weighted by molar-refractivity contribution is -0.107. The second kappa shape index (κ2) is 5.61. The van der Waals surface area contributed by atoms with Gasteiger partial charge in [-0.1, -0.05) is 18.2 Å². The van der Waals surface area contributed by atoms with Crippen molar-refractivity contribution in [3.63, 3.8) is 0 Å². The number of hydrogen-bond acceptors (Lipinski definition) is 2. The van der Waals surface area contributed by atoms with E-state index < -0.39 is 0 Å². The number of carbonyl (C=O) groups is 1. The fraction of sp³-hybridized carbons (Fsp3) is 0.222. The Bertz CT molecular complexity index is 250. The zero-order chi connectivity index (χ0) is 8.10. The van der Waals surface area contributed by atoms with E-state index >= 15 is 0 Å². The molecule has 1 N–H and O–H groups in total. The molecule has 0 heterocycles. The zero-order valence-electron chi connectivity index (χ0n) is 6.91. The number of anilines is 1. The third kappa shape index (κ3) is 2.55. The van der Waals surface area contributed by atoms with Crippen LogP contribution in [0.5, 0.6) is 0 Å². The molecular formula is C9H12ClNO. The summed E-state index contributed by atoms with van der Waals surface area (Å²) in [6.07, 6.45) is 1.40. The van der Waals surface area contributed by atoms with Crippen LogP contribution in [-0.2, 0) is 11.2 Å². The van der Waals surface area contributed by atoms with Crippen LogP contribution in [0.25, 0.3) is 0 Å². The molecule has 0 aliphatic heterocycles. The summed E-state index contributed by atoms with van der Waals surface area (Å²) in [6, 6.07) is 7.78. The Kier molecular flexibility index (Phi) is 5.13. The minimum Gasteiger partial charge on any atom is -0.388 e. The highest BCUT2D eigenvalue weighted by atomic mass is 35.5. The van der Waals surface area contributed by atoms with Crippen molar-refractivity contribution in [3.05, 3.63) is 29.8 Å². The molecule has 66 valence electrons. The highest BCUT2D eigenvalue weighted by Gasteiger charge is 1.96. The second-order valence-corrected chi connectivity index (χ2v) is 2.28. The molecule has 1 aromatic carbocycles. The molecule has 0 amide bonds. The number of aldehydes is 1. The number of benzene rings is 1. The third-order valence-electron chi connectivity index (χ3n) is 1.59. The molecule has 3 heteroatoms. The average molecular weight is 186 g/mol. The zero-order valence-corrected chi connectivity index (χ0v) is 7.73. The minimum atomic E-state index is 0. The smallest absolute Gasteiger partial charge is 0.124 e. The highest BCUT2D eigenvalue weighted by molar-refractivity contribution is 5.85. The topological polar surface area (TPSA) is 29.1 Å². The maximum absolute atomic E-state index is 10.2. The van der Waals surface area contributed by atoms with Gasteiger partial charge in [0.25, 0.3) is 0 Å². The predicted molar refractivity (Wildman–Crippen MR) is 53.0 cm³/mol. The van der Waals surface area contributed by atoms with Crippen LogP contribution in [0.15, 0.2) is 24.3 Å². The largest absolute Gasteiger partial charge is 0.388 e. The van der Waals surface area contributed by atoms with E-state index in [-0.39, 0.29) is 12.4 Å². The van der Waals surface area contributed by atoms with Crippen LogP contribution in [0.2, 0.25) is 0 Å². The summed E-state index contributed by atoms with van der Waals surface area (Å²) in [5.41, 5.74) is 2.07. The first-order valence-electron chi connectivity index (χ1n) is 3.57. The van der Waals surface area contributed by atoms with E-state index in [1.165, 1.54) is 0 Å².